The Labute approximate surface area is 126 Å². The Kier molecular flexibility index (Phi) is 5.13. The second-order valence-corrected chi connectivity index (χ2v) is 5.29. The monoisotopic (exact) mass is 308 g/mol. The van der Waals surface area contributed by atoms with E-state index in [4.69, 9.17) is 9.47 Å². The Bertz CT molecular complexity index is 601. The Morgan fingerprint density at radius 1 is 1.48 bits per heavy atom. The van der Waals surface area contributed by atoms with Gasteiger partial charge in [0.25, 0.3) is 5.91 Å². The number of anilines is 1. The van der Waals surface area contributed by atoms with Crippen molar-refractivity contribution >= 4 is 22.4 Å². The van der Waals surface area contributed by atoms with Crippen molar-refractivity contribution in [1.29, 1.82) is 0 Å². The first kappa shape index (κ1) is 15.3. The van der Waals surface area contributed by atoms with Crippen LogP contribution in [0, 0.1) is 0 Å². The van der Waals surface area contributed by atoms with E-state index in [0.717, 1.165) is 0 Å². The number of nitrogens with zero attached hydrogens (tertiary/aromatic N) is 1. The summed E-state index contributed by atoms with van der Waals surface area (Å²) in [7, 11) is 1.58. The third-order valence-corrected chi connectivity index (χ3v) is 3.23. The molecule has 0 aliphatic carbocycles. The molecular formula is C14H16N2O4S. The van der Waals surface area contributed by atoms with Gasteiger partial charge < -0.3 is 14.6 Å². The van der Waals surface area contributed by atoms with E-state index in [1.807, 2.05) is 6.92 Å². The molecule has 112 valence electrons. The molecule has 1 amide bonds. The number of carbonyl (C=O) groups excluding carboxylic acids is 1. The fourth-order valence-corrected chi connectivity index (χ4v) is 2.26. The fraction of sp³-hybridized carbons (Fsp3) is 0.286. The number of aromatic nitrogens is 1. The Morgan fingerprint density at radius 3 is 2.95 bits per heavy atom. The van der Waals surface area contributed by atoms with Gasteiger partial charge in [-0.25, -0.2) is 4.98 Å². The smallest absolute Gasteiger partial charge is 0.257 e. The molecule has 1 aromatic heterocycles. The molecule has 0 saturated carbocycles. The van der Waals surface area contributed by atoms with Gasteiger partial charge in [-0.2, -0.15) is 0 Å². The molecule has 21 heavy (non-hydrogen) atoms. The average molecular weight is 308 g/mol. The van der Waals surface area contributed by atoms with Crippen molar-refractivity contribution in [1.82, 2.24) is 4.98 Å². The molecule has 1 atom stereocenters. The van der Waals surface area contributed by atoms with Gasteiger partial charge in [0.05, 0.1) is 6.61 Å². The highest BCUT2D eigenvalue weighted by Gasteiger charge is 2.12. The summed E-state index contributed by atoms with van der Waals surface area (Å²) in [5.41, 5.74) is 0.296. The molecule has 0 radical (unpaired) electrons. The zero-order chi connectivity index (χ0) is 15.2. The van der Waals surface area contributed by atoms with Crippen LogP contribution in [0.1, 0.15) is 17.3 Å². The van der Waals surface area contributed by atoms with Gasteiger partial charge in [0.2, 0.25) is 0 Å². The summed E-state index contributed by atoms with van der Waals surface area (Å²) in [4.78, 5) is 16.1. The summed E-state index contributed by atoms with van der Waals surface area (Å²) >= 11 is 1.32. The maximum absolute atomic E-state index is 12.1. The van der Waals surface area contributed by atoms with Crippen molar-refractivity contribution in [2.24, 2.45) is 0 Å². The largest absolute Gasteiger partial charge is 0.508 e. The van der Waals surface area contributed by atoms with Gasteiger partial charge in [0, 0.05) is 30.3 Å². The van der Waals surface area contributed by atoms with Crippen molar-refractivity contribution < 1.29 is 19.4 Å². The van der Waals surface area contributed by atoms with Crippen molar-refractivity contribution in [2.45, 2.75) is 13.0 Å². The summed E-state index contributed by atoms with van der Waals surface area (Å²) in [6, 6.07) is 4.39. The maximum atomic E-state index is 12.1. The lowest BCUT2D eigenvalue weighted by Crippen LogP contribution is -2.18. The Morgan fingerprint density at radius 2 is 2.29 bits per heavy atom. The normalized spacial score (nSPS) is 11.9. The van der Waals surface area contributed by atoms with E-state index < -0.39 is 0 Å². The molecular weight excluding hydrogens is 292 g/mol. The zero-order valence-electron chi connectivity index (χ0n) is 11.7. The number of hydrogen-bond donors (Lipinski definition) is 2. The van der Waals surface area contributed by atoms with E-state index in [2.05, 4.69) is 10.3 Å². The molecule has 0 aliphatic rings. The van der Waals surface area contributed by atoms with E-state index in [1.54, 1.807) is 24.8 Å². The lowest BCUT2D eigenvalue weighted by Gasteiger charge is -2.14. The minimum Gasteiger partial charge on any atom is -0.508 e. The van der Waals surface area contributed by atoms with Crippen LogP contribution in [0.25, 0.3) is 0 Å². The molecule has 0 aliphatic heterocycles. The van der Waals surface area contributed by atoms with Crippen LogP contribution in [0.2, 0.25) is 0 Å². The van der Waals surface area contributed by atoms with E-state index in [-0.39, 0.29) is 17.8 Å². The molecule has 0 unspecified atom stereocenters. The predicted octanol–water partition coefficient (Wildman–Crippen LogP) is 2.51. The van der Waals surface area contributed by atoms with E-state index in [9.17, 15) is 9.90 Å². The number of amides is 1. The number of hydrogen-bond acceptors (Lipinski definition) is 6. The summed E-state index contributed by atoms with van der Waals surface area (Å²) in [6.07, 6.45) is 1.41. The van der Waals surface area contributed by atoms with Gasteiger partial charge >= 0.3 is 0 Å². The zero-order valence-corrected chi connectivity index (χ0v) is 12.5. The number of methoxy groups -OCH3 is 1. The molecule has 7 heteroatoms. The van der Waals surface area contributed by atoms with Crippen molar-refractivity contribution in [3.63, 3.8) is 0 Å². The molecule has 2 N–H and O–H groups in total. The number of nitrogens with one attached hydrogen (secondary N) is 1. The first-order valence-corrected chi connectivity index (χ1v) is 7.17. The molecule has 0 spiro atoms. The average Bonchev–Trinajstić information content (AvgIpc) is 2.91. The van der Waals surface area contributed by atoms with Crippen LogP contribution >= 0.6 is 11.3 Å². The van der Waals surface area contributed by atoms with E-state index >= 15 is 0 Å². The number of ether oxygens (including phenoxy) is 2. The van der Waals surface area contributed by atoms with Crippen molar-refractivity contribution in [2.75, 3.05) is 19.0 Å². The van der Waals surface area contributed by atoms with Crippen LogP contribution < -0.4 is 10.1 Å². The van der Waals surface area contributed by atoms with Crippen LogP contribution in [0.3, 0.4) is 0 Å². The van der Waals surface area contributed by atoms with Crippen molar-refractivity contribution in [3.05, 3.63) is 35.3 Å². The van der Waals surface area contributed by atoms with Crippen molar-refractivity contribution in [3.8, 4) is 11.5 Å². The van der Waals surface area contributed by atoms with Gasteiger partial charge in [0.1, 0.15) is 17.6 Å². The van der Waals surface area contributed by atoms with Gasteiger partial charge in [-0.15, -0.1) is 11.3 Å². The molecule has 2 rings (SSSR count). The number of phenolic OH excluding ortho intramolecular Hbond substituents is 1. The van der Waals surface area contributed by atoms with E-state index in [0.29, 0.717) is 23.1 Å². The topological polar surface area (TPSA) is 80.7 Å². The van der Waals surface area contributed by atoms with Crippen LogP contribution in [0.4, 0.5) is 5.13 Å². The minimum atomic E-state index is -0.356. The first-order chi connectivity index (χ1) is 10.1. The van der Waals surface area contributed by atoms with Crippen LogP contribution in [0.5, 0.6) is 11.5 Å². The molecule has 0 saturated heterocycles. The quantitative estimate of drug-likeness (QED) is 0.857. The molecule has 0 fully saturated rings. The Hall–Kier alpha value is -2.12. The SMILES string of the molecule is COC[C@H](C)Oc1cc(O)cc(C(=O)Nc2nccs2)c1. The highest BCUT2D eigenvalue weighted by Crippen LogP contribution is 2.24. The van der Waals surface area contributed by atoms with Gasteiger partial charge in [-0.05, 0) is 19.1 Å². The number of thiazole rings is 1. The molecule has 1 aromatic carbocycles. The molecule has 6 nitrogen and oxygen atoms in total. The summed E-state index contributed by atoms with van der Waals surface area (Å²) in [5.74, 6) is 0.00957. The van der Waals surface area contributed by atoms with Gasteiger partial charge in [0.15, 0.2) is 5.13 Å². The third kappa shape index (κ3) is 4.44. The number of benzene rings is 1. The van der Waals surface area contributed by atoms with Crippen LogP contribution in [-0.2, 0) is 4.74 Å². The standard InChI is InChI=1S/C14H16N2O4S/c1-9(8-19-2)20-12-6-10(5-11(17)7-12)13(18)16-14-15-3-4-21-14/h3-7,9,17H,8H2,1-2H3,(H,15,16,18)/t9-/m0/s1. The fourth-order valence-electron chi connectivity index (χ4n) is 1.74. The third-order valence-electron chi connectivity index (χ3n) is 2.54. The molecule has 2 aromatic rings. The number of aromatic hydroxyl groups is 1. The lowest BCUT2D eigenvalue weighted by molar-refractivity contribution is 0.0915. The Balaban J connectivity index is 2.12. The lowest BCUT2D eigenvalue weighted by atomic mass is 10.2. The molecule has 0 bridgehead atoms. The highest BCUT2D eigenvalue weighted by atomic mass is 32.1. The summed E-state index contributed by atoms with van der Waals surface area (Å²) in [5, 5.41) is 14.6. The second kappa shape index (κ2) is 7.05. The number of phenols is 1. The van der Waals surface area contributed by atoms with Crippen LogP contribution in [0.15, 0.2) is 29.8 Å². The van der Waals surface area contributed by atoms with Crippen LogP contribution in [-0.4, -0.2) is 35.8 Å². The van der Waals surface area contributed by atoms with Gasteiger partial charge in [-0.3, -0.25) is 10.1 Å². The van der Waals surface area contributed by atoms with E-state index in [1.165, 1.54) is 23.5 Å². The highest BCUT2D eigenvalue weighted by molar-refractivity contribution is 7.13. The minimum absolute atomic E-state index is 0.0404. The predicted molar refractivity (Wildman–Crippen MR) is 80.1 cm³/mol. The maximum Gasteiger partial charge on any atom is 0.257 e. The summed E-state index contributed by atoms with van der Waals surface area (Å²) in [6.45, 7) is 2.25. The number of carbonyl (C=O) groups is 1. The molecule has 1 heterocycles. The summed E-state index contributed by atoms with van der Waals surface area (Å²) < 4.78 is 10.6. The van der Waals surface area contributed by atoms with Gasteiger partial charge in [-0.1, -0.05) is 0 Å². The number of rotatable bonds is 6. The first-order valence-electron chi connectivity index (χ1n) is 6.29. The second-order valence-electron chi connectivity index (χ2n) is 4.39.